The molecular formula is C24H30N2O4. The summed E-state index contributed by atoms with van der Waals surface area (Å²) < 4.78 is 10.7. The fourth-order valence-electron chi connectivity index (χ4n) is 3.87. The maximum absolute atomic E-state index is 13.1. The minimum Gasteiger partial charge on any atom is -0.497 e. The lowest BCUT2D eigenvalue weighted by molar-refractivity contribution is -0.126. The highest BCUT2D eigenvalue weighted by Crippen LogP contribution is 2.27. The van der Waals surface area contributed by atoms with Gasteiger partial charge in [0.05, 0.1) is 14.2 Å². The van der Waals surface area contributed by atoms with E-state index in [0.717, 1.165) is 22.6 Å². The summed E-state index contributed by atoms with van der Waals surface area (Å²) in [5, 5.41) is 3.02. The van der Waals surface area contributed by atoms with Gasteiger partial charge in [0.2, 0.25) is 5.91 Å². The molecule has 3 rings (SSSR count). The number of methoxy groups -OCH3 is 2. The third-order valence-electron chi connectivity index (χ3n) is 5.40. The van der Waals surface area contributed by atoms with Gasteiger partial charge in [-0.1, -0.05) is 32.0 Å². The lowest BCUT2D eigenvalue weighted by atomic mass is 10.0. The van der Waals surface area contributed by atoms with Gasteiger partial charge in [-0.3, -0.25) is 9.59 Å². The second-order valence-corrected chi connectivity index (χ2v) is 7.95. The van der Waals surface area contributed by atoms with Gasteiger partial charge in [-0.05, 0) is 54.2 Å². The van der Waals surface area contributed by atoms with E-state index in [1.165, 1.54) is 0 Å². The molecule has 6 heteroatoms. The van der Waals surface area contributed by atoms with Crippen LogP contribution in [0.5, 0.6) is 11.5 Å². The molecule has 0 spiro atoms. The van der Waals surface area contributed by atoms with E-state index in [1.807, 2.05) is 42.5 Å². The van der Waals surface area contributed by atoms with Crippen molar-refractivity contribution >= 4 is 11.8 Å². The SMILES string of the molecule is COc1ccc(OC)c(CCNC(=O)[C@@H](CC(C)C)N2Cc3ccccc3C2=O)c1. The summed E-state index contributed by atoms with van der Waals surface area (Å²) in [5.41, 5.74) is 2.63. The fourth-order valence-corrected chi connectivity index (χ4v) is 3.87. The molecule has 0 aromatic heterocycles. The van der Waals surface area contributed by atoms with Crippen LogP contribution in [0.25, 0.3) is 0 Å². The van der Waals surface area contributed by atoms with Gasteiger partial charge in [-0.2, -0.15) is 0 Å². The Morgan fingerprint density at radius 1 is 1.13 bits per heavy atom. The van der Waals surface area contributed by atoms with Crippen molar-refractivity contribution in [2.75, 3.05) is 20.8 Å². The lowest BCUT2D eigenvalue weighted by Crippen LogP contribution is -2.48. The van der Waals surface area contributed by atoms with Crippen LogP contribution in [0.3, 0.4) is 0 Å². The Labute approximate surface area is 178 Å². The highest BCUT2D eigenvalue weighted by molar-refractivity contribution is 6.01. The maximum Gasteiger partial charge on any atom is 0.255 e. The van der Waals surface area contributed by atoms with Crippen molar-refractivity contribution in [3.05, 3.63) is 59.2 Å². The highest BCUT2D eigenvalue weighted by atomic mass is 16.5. The molecule has 1 heterocycles. The van der Waals surface area contributed by atoms with Gasteiger partial charge in [0.15, 0.2) is 0 Å². The number of nitrogens with one attached hydrogen (secondary N) is 1. The van der Waals surface area contributed by atoms with Gasteiger partial charge in [-0.25, -0.2) is 0 Å². The Kier molecular flexibility index (Phi) is 6.98. The van der Waals surface area contributed by atoms with Gasteiger partial charge in [0, 0.05) is 18.7 Å². The number of rotatable bonds is 9. The second kappa shape index (κ2) is 9.65. The first kappa shape index (κ1) is 21.7. The molecule has 0 radical (unpaired) electrons. The van der Waals surface area contributed by atoms with Gasteiger partial charge < -0.3 is 19.7 Å². The van der Waals surface area contributed by atoms with Gasteiger partial charge >= 0.3 is 0 Å². The summed E-state index contributed by atoms with van der Waals surface area (Å²) in [6.07, 6.45) is 1.22. The summed E-state index contributed by atoms with van der Waals surface area (Å²) in [6.45, 7) is 5.06. The first-order valence-corrected chi connectivity index (χ1v) is 10.3. The molecule has 1 atom stereocenters. The van der Waals surface area contributed by atoms with E-state index in [2.05, 4.69) is 19.2 Å². The smallest absolute Gasteiger partial charge is 0.255 e. The zero-order chi connectivity index (χ0) is 21.7. The van der Waals surface area contributed by atoms with Crippen LogP contribution in [-0.2, 0) is 17.8 Å². The quantitative estimate of drug-likeness (QED) is 0.688. The molecular weight excluding hydrogens is 380 g/mol. The molecule has 1 aliphatic rings. The standard InChI is InChI=1S/C24H30N2O4/c1-16(2)13-21(26-15-18-7-5-6-8-20(18)24(26)28)23(27)25-12-11-17-14-19(29-3)9-10-22(17)30-4/h5-10,14,16,21H,11-13,15H2,1-4H3,(H,25,27)/t21-/m1/s1. The number of nitrogens with zero attached hydrogens (tertiary/aromatic N) is 1. The number of hydrogen-bond acceptors (Lipinski definition) is 4. The van der Waals surface area contributed by atoms with Crippen LogP contribution < -0.4 is 14.8 Å². The van der Waals surface area contributed by atoms with Crippen LogP contribution in [0.15, 0.2) is 42.5 Å². The summed E-state index contributed by atoms with van der Waals surface area (Å²) in [6, 6.07) is 12.7. The maximum atomic E-state index is 13.1. The van der Waals surface area contributed by atoms with Crippen molar-refractivity contribution < 1.29 is 19.1 Å². The van der Waals surface area contributed by atoms with E-state index >= 15 is 0 Å². The third-order valence-corrected chi connectivity index (χ3v) is 5.40. The van der Waals surface area contributed by atoms with Crippen LogP contribution in [0.1, 0.15) is 41.8 Å². The van der Waals surface area contributed by atoms with Crippen molar-refractivity contribution in [3.63, 3.8) is 0 Å². The third kappa shape index (κ3) is 4.75. The van der Waals surface area contributed by atoms with E-state index in [0.29, 0.717) is 31.5 Å². The van der Waals surface area contributed by atoms with Crippen LogP contribution >= 0.6 is 0 Å². The fraction of sp³-hybridized carbons (Fsp3) is 0.417. The van der Waals surface area contributed by atoms with Crippen molar-refractivity contribution in [1.29, 1.82) is 0 Å². The normalized spacial score (nSPS) is 13.9. The summed E-state index contributed by atoms with van der Waals surface area (Å²) >= 11 is 0. The van der Waals surface area contributed by atoms with Crippen LogP contribution in [-0.4, -0.2) is 43.5 Å². The largest absolute Gasteiger partial charge is 0.497 e. The topological polar surface area (TPSA) is 67.9 Å². The number of amides is 2. The molecule has 0 saturated heterocycles. The molecule has 0 unspecified atom stereocenters. The Morgan fingerprint density at radius 3 is 2.57 bits per heavy atom. The molecule has 30 heavy (non-hydrogen) atoms. The zero-order valence-electron chi connectivity index (χ0n) is 18.1. The molecule has 6 nitrogen and oxygen atoms in total. The van der Waals surface area contributed by atoms with E-state index in [-0.39, 0.29) is 17.7 Å². The molecule has 0 saturated carbocycles. The molecule has 2 amide bonds. The van der Waals surface area contributed by atoms with Gasteiger partial charge in [-0.15, -0.1) is 0 Å². The predicted octanol–water partition coefficient (Wildman–Crippen LogP) is 3.43. The zero-order valence-corrected chi connectivity index (χ0v) is 18.1. The van der Waals surface area contributed by atoms with E-state index < -0.39 is 6.04 Å². The van der Waals surface area contributed by atoms with Gasteiger partial charge in [0.1, 0.15) is 17.5 Å². The van der Waals surface area contributed by atoms with Crippen molar-refractivity contribution in [2.24, 2.45) is 5.92 Å². The molecule has 2 aromatic carbocycles. The number of fused-ring (bicyclic) bond motifs is 1. The van der Waals surface area contributed by atoms with Crippen LogP contribution in [0, 0.1) is 5.92 Å². The lowest BCUT2D eigenvalue weighted by Gasteiger charge is -2.28. The molecule has 1 N–H and O–H groups in total. The Bertz CT molecular complexity index is 910. The number of ether oxygens (including phenoxy) is 2. The molecule has 0 fully saturated rings. The van der Waals surface area contributed by atoms with Crippen LogP contribution in [0.2, 0.25) is 0 Å². The first-order valence-electron chi connectivity index (χ1n) is 10.3. The average Bonchev–Trinajstić information content (AvgIpc) is 3.08. The minimum atomic E-state index is -0.489. The number of benzene rings is 2. The molecule has 0 aliphatic carbocycles. The van der Waals surface area contributed by atoms with Gasteiger partial charge in [0.25, 0.3) is 5.91 Å². The monoisotopic (exact) mass is 410 g/mol. The van der Waals surface area contributed by atoms with E-state index in [4.69, 9.17) is 9.47 Å². The Hall–Kier alpha value is -3.02. The van der Waals surface area contributed by atoms with E-state index in [1.54, 1.807) is 19.1 Å². The minimum absolute atomic E-state index is 0.0686. The summed E-state index contributed by atoms with van der Waals surface area (Å²) in [5.74, 6) is 1.60. The van der Waals surface area contributed by atoms with E-state index in [9.17, 15) is 9.59 Å². The van der Waals surface area contributed by atoms with Crippen LogP contribution in [0.4, 0.5) is 0 Å². The number of hydrogen-bond donors (Lipinski definition) is 1. The first-order chi connectivity index (χ1) is 14.4. The Morgan fingerprint density at radius 2 is 1.90 bits per heavy atom. The molecule has 0 bridgehead atoms. The van der Waals surface area contributed by atoms with Crippen molar-refractivity contribution in [2.45, 2.75) is 39.3 Å². The molecule has 2 aromatic rings. The van der Waals surface area contributed by atoms with Crippen molar-refractivity contribution in [1.82, 2.24) is 10.2 Å². The second-order valence-electron chi connectivity index (χ2n) is 7.95. The molecule has 1 aliphatic heterocycles. The summed E-state index contributed by atoms with van der Waals surface area (Å²) in [4.78, 5) is 27.7. The predicted molar refractivity (Wildman–Crippen MR) is 116 cm³/mol. The Balaban J connectivity index is 1.68. The van der Waals surface area contributed by atoms with Crippen molar-refractivity contribution in [3.8, 4) is 11.5 Å². The average molecular weight is 411 g/mol. The number of carbonyl (C=O) groups is 2. The highest BCUT2D eigenvalue weighted by Gasteiger charge is 2.36. The number of carbonyl (C=O) groups excluding carboxylic acids is 2. The summed E-state index contributed by atoms with van der Waals surface area (Å²) in [7, 11) is 3.24. The molecule has 160 valence electrons.